The number of halogens is 1. The van der Waals surface area contributed by atoms with Gasteiger partial charge in [-0.25, -0.2) is 9.18 Å². The number of rotatable bonds is 8. The Bertz CT molecular complexity index is 551. The molecule has 2 rings (SSSR count). The number of ether oxygens (including phenoxy) is 1. The highest BCUT2D eigenvalue weighted by atomic mass is 19.1. The highest BCUT2D eigenvalue weighted by Crippen LogP contribution is 2.14. The van der Waals surface area contributed by atoms with E-state index in [9.17, 15) is 9.18 Å². The Hall–Kier alpha value is -2.40. The molecule has 0 aromatic heterocycles. The van der Waals surface area contributed by atoms with E-state index in [1.165, 1.54) is 0 Å². The predicted molar refractivity (Wildman–Crippen MR) is 87.4 cm³/mol. The second-order valence-corrected chi connectivity index (χ2v) is 5.31. The van der Waals surface area contributed by atoms with E-state index in [4.69, 9.17) is 10.5 Å². The Labute approximate surface area is 135 Å². The summed E-state index contributed by atoms with van der Waals surface area (Å²) in [5.41, 5.74) is 7.14. The van der Waals surface area contributed by atoms with Gasteiger partial charge in [0.05, 0.1) is 6.04 Å². The van der Waals surface area contributed by atoms with E-state index < -0.39 is 18.8 Å². The zero-order chi connectivity index (χ0) is 16.5. The maximum atomic E-state index is 13.5. The molecule has 122 valence electrons. The normalized spacial score (nSPS) is 12.1. The van der Waals surface area contributed by atoms with Crippen LogP contribution in [-0.4, -0.2) is 30.3 Å². The zero-order valence-electron chi connectivity index (χ0n) is 12.9. The molecule has 0 saturated carbocycles. The number of carbonyl (C=O) groups is 1. The number of alkyl halides is 1. The molecule has 0 aliphatic carbocycles. The van der Waals surface area contributed by atoms with Gasteiger partial charge in [-0.1, -0.05) is 60.7 Å². The Balaban J connectivity index is 2.13. The summed E-state index contributed by atoms with van der Waals surface area (Å²) in [6, 6.07) is 19.1. The van der Waals surface area contributed by atoms with E-state index in [1.54, 1.807) is 0 Å². The van der Waals surface area contributed by atoms with Crippen LogP contribution in [0, 0.1) is 0 Å². The summed E-state index contributed by atoms with van der Waals surface area (Å²) in [4.78, 5) is 12.8. The Morgan fingerprint density at radius 1 is 1.00 bits per heavy atom. The Kier molecular flexibility index (Phi) is 6.56. The van der Waals surface area contributed by atoms with Crippen molar-refractivity contribution in [3.63, 3.8) is 0 Å². The average Bonchev–Trinajstić information content (AvgIpc) is 2.57. The first-order chi connectivity index (χ1) is 11.2. The maximum absolute atomic E-state index is 13.5. The van der Waals surface area contributed by atoms with Gasteiger partial charge < -0.3 is 10.5 Å². The molecule has 0 radical (unpaired) electrons. The molecule has 0 aliphatic rings. The second-order valence-electron chi connectivity index (χ2n) is 5.31. The van der Waals surface area contributed by atoms with Crippen molar-refractivity contribution in [3.05, 3.63) is 71.8 Å². The number of nitrogens with zero attached hydrogens (tertiary/aromatic N) is 1. The van der Waals surface area contributed by atoms with Gasteiger partial charge in [0.25, 0.3) is 0 Å². The third kappa shape index (κ3) is 5.71. The number of hydrogen-bond donors (Lipinski definition) is 1. The largest absolute Gasteiger partial charge is 0.448 e. The Morgan fingerprint density at radius 2 is 1.48 bits per heavy atom. The third-order valence-electron chi connectivity index (χ3n) is 3.57. The van der Waals surface area contributed by atoms with E-state index in [-0.39, 0.29) is 6.61 Å². The summed E-state index contributed by atoms with van der Waals surface area (Å²) in [6.45, 7) is 0.442. The minimum atomic E-state index is -0.886. The Morgan fingerprint density at radius 3 is 1.87 bits per heavy atom. The van der Waals surface area contributed by atoms with Crippen LogP contribution in [0.15, 0.2) is 60.7 Å². The molecular weight excluding hydrogens is 295 g/mol. The maximum Gasteiger partial charge on any atom is 0.404 e. The number of benzene rings is 2. The summed E-state index contributed by atoms with van der Waals surface area (Å²) in [5, 5.41) is 0. The molecule has 0 aliphatic heterocycles. The molecule has 2 aromatic carbocycles. The van der Waals surface area contributed by atoms with Gasteiger partial charge >= 0.3 is 6.09 Å². The fourth-order valence-corrected chi connectivity index (χ4v) is 2.38. The molecule has 2 aromatic rings. The molecule has 1 unspecified atom stereocenters. The molecule has 0 saturated heterocycles. The third-order valence-corrected chi connectivity index (χ3v) is 3.57. The van der Waals surface area contributed by atoms with E-state index in [1.807, 2.05) is 65.6 Å². The zero-order valence-corrected chi connectivity index (χ0v) is 12.9. The number of carbonyl (C=O) groups excluding carboxylic acids is 1. The minimum absolute atomic E-state index is 0.0640. The number of amides is 1. The smallest absolute Gasteiger partial charge is 0.404 e. The molecule has 1 amide bonds. The molecule has 0 spiro atoms. The first kappa shape index (κ1) is 17.0. The minimum Gasteiger partial charge on any atom is -0.448 e. The van der Waals surface area contributed by atoms with Crippen molar-refractivity contribution in [1.82, 2.24) is 4.90 Å². The van der Waals surface area contributed by atoms with Crippen molar-refractivity contribution in [2.24, 2.45) is 5.73 Å². The molecule has 5 heteroatoms. The first-order valence-corrected chi connectivity index (χ1v) is 7.49. The van der Waals surface area contributed by atoms with Gasteiger partial charge in [0.2, 0.25) is 0 Å². The van der Waals surface area contributed by atoms with Crippen LogP contribution in [0.4, 0.5) is 9.18 Å². The van der Waals surface area contributed by atoms with Crippen molar-refractivity contribution in [2.75, 3.05) is 13.3 Å². The fraction of sp³-hybridized carbons (Fsp3) is 0.278. The van der Waals surface area contributed by atoms with Gasteiger partial charge in [0, 0.05) is 13.1 Å². The summed E-state index contributed by atoms with van der Waals surface area (Å²) >= 11 is 0. The van der Waals surface area contributed by atoms with Crippen LogP contribution in [0.25, 0.3) is 0 Å². The summed E-state index contributed by atoms with van der Waals surface area (Å²) in [5.74, 6) is 0. The number of hydrogen-bond acceptors (Lipinski definition) is 3. The van der Waals surface area contributed by atoms with Crippen LogP contribution in [0.1, 0.15) is 11.1 Å². The fourth-order valence-electron chi connectivity index (χ4n) is 2.38. The molecule has 23 heavy (non-hydrogen) atoms. The lowest BCUT2D eigenvalue weighted by atomic mass is 10.1. The van der Waals surface area contributed by atoms with E-state index >= 15 is 0 Å². The highest BCUT2D eigenvalue weighted by Gasteiger charge is 2.20. The summed E-state index contributed by atoms with van der Waals surface area (Å²) in [6.07, 6.45) is -0.886. The van der Waals surface area contributed by atoms with Gasteiger partial charge in [0.15, 0.2) is 0 Å². The van der Waals surface area contributed by atoms with E-state index in [0.29, 0.717) is 13.1 Å². The van der Waals surface area contributed by atoms with Crippen LogP contribution < -0.4 is 5.73 Å². The van der Waals surface area contributed by atoms with E-state index in [0.717, 1.165) is 11.1 Å². The molecular formula is C18H21FN2O2. The first-order valence-electron chi connectivity index (χ1n) is 7.49. The lowest BCUT2D eigenvalue weighted by Crippen LogP contribution is -2.40. The van der Waals surface area contributed by atoms with E-state index in [2.05, 4.69) is 0 Å². The average molecular weight is 316 g/mol. The lowest BCUT2D eigenvalue weighted by Gasteiger charge is -2.29. The molecule has 0 fully saturated rings. The second kappa shape index (κ2) is 8.90. The molecule has 4 nitrogen and oxygen atoms in total. The summed E-state index contributed by atoms with van der Waals surface area (Å²) < 4.78 is 18.3. The van der Waals surface area contributed by atoms with Crippen LogP contribution >= 0.6 is 0 Å². The van der Waals surface area contributed by atoms with Gasteiger partial charge in [-0.15, -0.1) is 0 Å². The predicted octanol–water partition coefficient (Wildman–Crippen LogP) is 3.12. The van der Waals surface area contributed by atoms with Crippen LogP contribution in [0.3, 0.4) is 0 Å². The van der Waals surface area contributed by atoms with Crippen molar-refractivity contribution >= 4 is 6.09 Å². The van der Waals surface area contributed by atoms with Crippen LogP contribution in [0.5, 0.6) is 0 Å². The van der Waals surface area contributed by atoms with Gasteiger partial charge in [-0.05, 0) is 11.1 Å². The van der Waals surface area contributed by atoms with Crippen LogP contribution in [0.2, 0.25) is 0 Å². The van der Waals surface area contributed by atoms with Gasteiger partial charge in [-0.3, -0.25) is 4.90 Å². The van der Waals surface area contributed by atoms with Crippen molar-refractivity contribution < 1.29 is 13.9 Å². The SMILES string of the molecule is NC(=O)OCC(CF)N(Cc1ccccc1)Cc1ccccc1. The molecule has 0 bridgehead atoms. The lowest BCUT2D eigenvalue weighted by molar-refractivity contribution is 0.0723. The summed E-state index contributed by atoms with van der Waals surface area (Å²) in [7, 11) is 0. The molecule has 2 N–H and O–H groups in total. The van der Waals surface area contributed by atoms with Crippen molar-refractivity contribution in [3.8, 4) is 0 Å². The number of nitrogens with two attached hydrogens (primary N) is 1. The monoisotopic (exact) mass is 316 g/mol. The van der Waals surface area contributed by atoms with Gasteiger partial charge in [0.1, 0.15) is 13.3 Å². The molecule has 1 atom stereocenters. The van der Waals surface area contributed by atoms with Crippen molar-refractivity contribution in [2.45, 2.75) is 19.1 Å². The van der Waals surface area contributed by atoms with Gasteiger partial charge in [-0.2, -0.15) is 0 Å². The quantitative estimate of drug-likeness (QED) is 0.814. The van der Waals surface area contributed by atoms with Crippen molar-refractivity contribution in [1.29, 1.82) is 0 Å². The highest BCUT2D eigenvalue weighted by molar-refractivity contribution is 5.64. The number of primary amides is 1. The standard InChI is InChI=1S/C18H21FN2O2/c19-11-17(14-23-18(20)22)21(12-15-7-3-1-4-8-15)13-16-9-5-2-6-10-16/h1-10,17H,11-14H2,(H2,20,22). The van der Waals surface area contributed by atoms with Crippen LogP contribution in [-0.2, 0) is 17.8 Å². The topological polar surface area (TPSA) is 55.6 Å². The molecule has 0 heterocycles.